The van der Waals surface area contributed by atoms with E-state index in [-0.39, 0.29) is 25.4 Å². The largest absolute Gasteiger partial charge is 0.388 e. The van der Waals surface area contributed by atoms with Crippen molar-refractivity contribution < 1.29 is 19.7 Å². The van der Waals surface area contributed by atoms with E-state index in [9.17, 15) is 10.2 Å². The molecule has 2 rings (SSSR count). The van der Waals surface area contributed by atoms with Crippen LogP contribution in [0.25, 0.3) is 0 Å². The van der Waals surface area contributed by atoms with Gasteiger partial charge in [-0.05, 0) is 6.92 Å². The molecule has 0 saturated carbocycles. The van der Waals surface area contributed by atoms with Crippen molar-refractivity contribution in [3.05, 3.63) is 0 Å². The topological polar surface area (TPSA) is 58.9 Å². The molecule has 2 heterocycles. The number of hydrogen-bond donors (Lipinski definition) is 2. The van der Waals surface area contributed by atoms with Crippen LogP contribution in [0, 0.1) is 0 Å². The van der Waals surface area contributed by atoms with Crippen LogP contribution in [-0.2, 0) is 9.47 Å². The molecular formula is C7H12O4. The quantitative estimate of drug-likeness (QED) is 0.472. The maximum absolute atomic E-state index is 9.62. The minimum atomic E-state index is -0.928. The van der Waals surface area contributed by atoms with Crippen molar-refractivity contribution in [1.82, 2.24) is 0 Å². The van der Waals surface area contributed by atoms with Crippen LogP contribution < -0.4 is 0 Å². The van der Waals surface area contributed by atoms with Crippen LogP contribution in [0.3, 0.4) is 0 Å². The molecule has 2 saturated heterocycles. The van der Waals surface area contributed by atoms with Gasteiger partial charge in [0, 0.05) is 0 Å². The zero-order valence-corrected chi connectivity index (χ0v) is 6.36. The zero-order valence-electron chi connectivity index (χ0n) is 6.36. The predicted octanol–water partition coefficient (Wildman–Crippen LogP) is -1.10. The average molecular weight is 160 g/mol. The Hall–Kier alpha value is -0.160. The Bertz CT molecular complexity index is 168. The average Bonchev–Trinajstić information content (AvgIpc) is 2.39. The number of aliphatic hydroxyl groups is 2. The van der Waals surface area contributed by atoms with Gasteiger partial charge in [-0.2, -0.15) is 0 Å². The molecule has 0 unspecified atom stereocenters. The fraction of sp³-hybridized carbons (Fsp3) is 1.00. The Morgan fingerprint density at radius 3 is 2.82 bits per heavy atom. The third-order valence-corrected chi connectivity index (χ3v) is 2.31. The molecule has 0 aromatic heterocycles. The first-order valence-corrected chi connectivity index (χ1v) is 3.75. The summed E-state index contributed by atoms with van der Waals surface area (Å²) in [6.07, 6.45) is -1.25. The molecule has 2 aliphatic heterocycles. The third-order valence-electron chi connectivity index (χ3n) is 2.31. The highest BCUT2D eigenvalue weighted by molar-refractivity contribution is 5.01. The molecule has 64 valence electrons. The van der Waals surface area contributed by atoms with E-state index < -0.39 is 11.7 Å². The first-order chi connectivity index (χ1) is 5.11. The van der Waals surface area contributed by atoms with Gasteiger partial charge < -0.3 is 19.7 Å². The molecule has 11 heavy (non-hydrogen) atoms. The summed E-state index contributed by atoms with van der Waals surface area (Å²) in [5.41, 5.74) is -0.928. The third kappa shape index (κ3) is 0.980. The highest BCUT2D eigenvalue weighted by atomic mass is 16.6. The fourth-order valence-electron chi connectivity index (χ4n) is 1.67. The molecule has 4 heteroatoms. The van der Waals surface area contributed by atoms with E-state index in [0.717, 1.165) is 0 Å². The van der Waals surface area contributed by atoms with Gasteiger partial charge >= 0.3 is 0 Å². The highest BCUT2D eigenvalue weighted by Crippen LogP contribution is 2.33. The Morgan fingerprint density at radius 2 is 2.18 bits per heavy atom. The van der Waals surface area contributed by atoms with Gasteiger partial charge in [-0.15, -0.1) is 0 Å². The Balaban J connectivity index is 2.17. The van der Waals surface area contributed by atoms with Gasteiger partial charge in [0.1, 0.15) is 23.9 Å². The number of fused-ring (bicyclic) bond motifs is 1. The second-order valence-corrected chi connectivity index (χ2v) is 3.45. The molecule has 0 amide bonds. The monoisotopic (exact) mass is 160 g/mol. The van der Waals surface area contributed by atoms with Crippen molar-refractivity contribution in [3.63, 3.8) is 0 Å². The molecule has 4 atom stereocenters. The molecule has 2 aliphatic rings. The molecule has 0 aromatic rings. The molecule has 0 bridgehead atoms. The van der Waals surface area contributed by atoms with Crippen LogP contribution in [0.5, 0.6) is 0 Å². The van der Waals surface area contributed by atoms with Gasteiger partial charge in [0.25, 0.3) is 0 Å². The normalized spacial score (nSPS) is 56.5. The van der Waals surface area contributed by atoms with E-state index in [1.807, 2.05) is 0 Å². The van der Waals surface area contributed by atoms with E-state index in [0.29, 0.717) is 0 Å². The van der Waals surface area contributed by atoms with Crippen molar-refractivity contribution in [3.8, 4) is 0 Å². The van der Waals surface area contributed by atoms with Crippen molar-refractivity contribution in [2.24, 2.45) is 0 Å². The second-order valence-electron chi connectivity index (χ2n) is 3.45. The van der Waals surface area contributed by atoms with Crippen LogP contribution in [-0.4, -0.2) is 47.3 Å². The standard InChI is InChI=1S/C7H12O4/c1-7(9)3-11-5-4(8)2-10-6(5)7/h4-6,8-9H,2-3H2,1H3/t4-,5+,6-,7-/m0/s1. The predicted molar refractivity (Wildman–Crippen MR) is 36.1 cm³/mol. The number of rotatable bonds is 0. The van der Waals surface area contributed by atoms with Gasteiger partial charge in [-0.1, -0.05) is 0 Å². The lowest BCUT2D eigenvalue weighted by Crippen LogP contribution is -2.40. The van der Waals surface area contributed by atoms with Gasteiger partial charge in [0.05, 0.1) is 13.2 Å². The fourth-order valence-corrected chi connectivity index (χ4v) is 1.67. The SMILES string of the molecule is C[C@]1(O)CO[C@@H]2[C@@H](O)CO[C@@H]21. The van der Waals surface area contributed by atoms with Crippen LogP contribution in [0.1, 0.15) is 6.92 Å². The minimum Gasteiger partial charge on any atom is -0.388 e. The van der Waals surface area contributed by atoms with Crippen molar-refractivity contribution in [1.29, 1.82) is 0 Å². The maximum atomic E-state index is 9.62. The summed E-state index contributed by atoms with van der Waals surface area (Å²) in [5, 5.41) is 18.9. The summed E-state index contributed by atoms with van der Waals surface area (Å²) in [6.45, 7) is 2.18. The van der Waals surface area contributed by atoms with Crippen molar-refractivity contribution >= 4 is 0 Å². The molecule has 4 nitrogen and oxygen atoms in total. The van der Waals surface area contributed by atoms with E-state index in [1.54, 1.807) is 6.92 Å². The number of aliphatic hydroxyl groups excluding tert-OH is 1. The summed E-state index contributed by atoms with van der Waals surface area (Å²) in [7, 11) is 0. The summed E-state index contributed by atoms with van der Waals surface area (Å²) in [5.74, 6) is 0. The first-order valence-electron chi connectivity index (χ1n) is 3.75. The zero-order chi connectivity index (χ0) is 8.06. The summed E-state index contributed by atoms with van der Waals surface area (Å²) in [4.78, 5) is 0. The lowest BCUT2D eigenvalue weighted by atomic mass is 9.99. The van der Waals surface area contributed by atoms with Crippen molar-refractivity contribution in [2.75, 3.05) is 13.2 Å². The Morgan fingerprint density at radius 1 is 1.45 bits per heavy atom. The van der Waals surface area contributed by atoms with Gasteiger partial charge in [-0.25, -0.2) is 0 Å². The van der Waals surface area contributed by atoms with Crippen LogP contribution >= 0.6 is 0 Å². The van der Waals surface area contributed by atoms with Gasteiger partial charge in [-0.3, -0.25) is 0 Å². The molecular weight excluding hydrogens is 148 g/mol. The summed E-state index contributed by atoms with van der Waals surface area (Å²) < 4.78 is 10.4. The molecule has 0 radical (unpaired) electrons. The Kier molecular flexibility index (Phi) is 1.47. The summed E-state index contributed by atoms with van der Waals surface area (Å²) in [6, 6.07) is 0. The lowest BCUT2D eigenvalue weighted by Gasteiger charge is -2.20. The van der Waals surface area contributed by atoms with Gasteiger partial charge in [0.2, 0.25) is 0 Å². The number of hydrogen-bond acceptors (Lipinski definition) is 4. The number of ether oxygens (including phenoxy) is 2. The van der Waals surface area contributed by atoms with Crippen LogP contribution in [0.4, 0.5) is 0 Å². The maximum Gasteiger partial charge on any atom is 0.117 e. The lowest BCUT2D eigenvalue weighted by molar-refractivity contribution is -0.0568. The Labute approximate surface area is 64.7 Å². The second kappa shape index (κ2) is 2.17. The van der Waals surface area contributed by atoms with E-state index >= 15 is 0 Å². The molecule has 2 fully saturated rings. The first kappa shape index (κ1) is 7.49. The van der Waals surface area contributed by atoms with E-state index in [2.05, 4.69) is 0 Å². The van der Waals surface area contributed by atoms with Crippen LogP contribution in [0.2, 0.25) is 0 Å². The molecule has 0 spiro atoms. The van der Waals surface area contributed by atoms with Crippen LogP contribution in [0.15, 0.2) is 0 Å². The van der Waals surface area contributed by atoms with E-state index in [1.165, 1.54) is 0 Å². The smallest absolute Gasteiger partial charge is 0.117 e. The van der Waals surface area contributed by atoms with E-state index in [4.69, 9.17) is 9.47 Å². The van der Waals surface area contributed by atoms with Crippen molar-refractivity contribution in [2.45, 2.75) is 30.8 Å². The van der Waals surface area contributed by atoms with Gasteiger partial charge in [0.15, 0.2) is 0 Å². The molecule has 2 N–H and O–H groups in total. The summed E-state index contributed by atoms with van der Waals surface area (Å²) >= 11 is 0. The highest BCUT2D eigenvalue weighted by Gasteiger charge is 2.53. The molecule has 0 aliphatic carbocycles. The minimum absolute atomic E-state index is 0.249. The molecule has 0 aromatic carbocycles.